The largest absolute Gasteiger partial charge is 0.357 e. The first-order valence-corrected chi connectivity index (χ1v) is 10.9. The van der Waals surface area contributed by atoms with Gasteiger partial charge in [-0.1, -0.05) is 42.9 Å². The minimum atomic E-state index is -0.305. The molecule has 0 aromatic carbocycles. The monoisotopic (exact) mass is 428 g/mol. The first kappa shape index (κ1) is 21.3. The summed E-state index contributed by atoms with van der Waals surface area (Å²) in [5.41, 5.74) is 1.15. The van der Waals surface area contributed by atoms with Crippen LogP contribution in [0.1, 0.15) is 42.4 Å². The van der Waals surface area contributed by atoms with Crippen LogP contribution in [-0.2, 0) is 11.8 Å². The Balaban J connectivity index is 2.19. The minimum absolute atomic E-state index is 0.110. The first-order valence-electron chi connectivity index (χ1n) is 9.65. The second-order valence-electron chi connectivity index (χ2n) is 7.20. The maximum Gasteiger partial charge on any atom is 0.270 e. The SMILES string of the molecule is C=CCN1C(=O)/C(=C/c2c(C)c(C#N)c(=O)n(C)c2N2CCCCCC2)SC1=S. The third kappa shape index (κ3) is 4.02. The van der Waals surface area contributed by atoms with E-state index in [0.29, 0.717) is 21.3 Å². The molecule has 29 heavy (non-hydrogen) atoms. The number of hydrogen-bond donors (Lipinski definition) is 0. The van der Waals surface area contributed by atoms with E-state index in [1.807, 2.05) is 6.07 Å². The number of aromatic nitrogens is 1. The smallest absolute Gasteiger partial charge is 0.270 e. The average Bonchev–Trinajstić information content (AvgIpc) is 2.88. The Morgan fingerprint density at radius 2 is 1.90 bits per heavy atom. The van der Waals surface area contributed by atoms with Gasteiger partial charge in [-0.2, -0.15) is 5.26 Å². The molecule has 2 fully saturated rings. The van der Waals surface area contributed by atoms with Crippen molar-refractivity contribution in [1.29, 1.82) is 5.26 Å². The quantitative estimate of drug-likeness (QED) is 0.416. The van der Waals surface area contributed by atoms with Gasteiger partial charge in [-0.25, -0.2) is 0 Å². The van der Waals surface area contributed by atoms with E-state index in [4.69, 9.17) is 12.2 Å². The van der Waals surface area contributed by atoms with E-state index in [9.17, 15) is 14.9 Å². The van der Waals surface area contributed by atoms with E-state index in [1.165, 1.54) is 16.7 Å². The molecule has 0 atom stereocenters. The lowest BCUT2D eigenvalue weighted by atomic mass is 10.0. The maximum atomic E-state index is 12.8. The standard InChI is InChI=1S/C21H24N4O2S2/c1-4-9-25-20(27)17(29-21(25)28)12-15-14(2)16(13-22)19(26)23(3)18(15)24-10-7-5-6-8-11-24/h4,12H,1,5-11H2,2-3H3/b17-12-. The van der Waals surface area contributed by atoms with Crippen LogP contribution in [-0.4, -0.2) is 39.3 Å². The van der Waals surface area contributed by atoms with Crippen LogP contribution in [0.3, 0.4) is 0 Å². The number of amides is 1. The highest BCUT2D eigenvalue weighted by Crippen LogP contribution is 2.36. The summed E-state index contributed by atoms with van der Waals surface area (Å²) in [5, 5.41) is 9.55. The van der Waals surface area contributed by atoms with Crippen LogP contribution in [0.25, 0.3) is 6.08 Å². The van der Waals surface area contributed by atoms with E-state index in [0.717, 1.165) is 50.2 Å². The number of carbonyl (C=O) groups excluding carboxylic acids is 1. The fourth-order valence-corrected chi connectivity index (χ4v) is 5.05. The predicted octanol–water partition coefficient (Wildman–Crippen LogP) is 3.33. The van der Waals surface area contributed by atoms with Crippen LogP contribution in [0, 0.1) is 18.3 Å². The van der Waals surface area contributed by atoms with Gasteiger partial charge in [0.05, 0.1) is 4.91 Å². The van der Waals surface area contributed by atoms with Crippen molar-refractivity contribution < 1.29 is 4.79 Å². The van der Waals surface area contributed by atoms with Gasteiger partial charge in [0, 0.05) is 32.2 Å². The van der Waals surface area contributed by atoms with Crippen molar-refractivity contribution in [1.82, 2.24) is 9.47 Å². The van der Waals surface area contributed by atoms with Crippen LogP contribution in [0.5, 0.6) is 0 Å². The van der Waals surface area contributed by atoms with Gasteiger partial charge in [-0.15, -0.1) is 6.58 Å². The molecule has 2 saturated heterocycles. The number of rotatable bonds is 4. The van der Waals surface area contributed by atoms with Gasteiger partial charge >= 0.3 is 0 Å². The van der Waals surface area contributed by atoms with Gasteiger partial charge in [-0.3, -0.25) is 19.1 Å². The number of thiocarbonyl (C=S) groups is 1. The van der Waals surface area contributed by atoms with Gasteiger partial charge in [0.1, 0.15) is 21.8 Å². The lowest BCUT2D eigenvalue weighted by Crippen LogP contribution is -2.34. The fraction of sp³-hybridized carbons (Fsp3) is 0.429. The zero-order valence-corrected chi connectivity index (χ0v) is 18.4. The topological polar surface area (TPSA) is 69.3 Å². The maximum absolute atomic E-state index is 12.8. The zero-order valence-electron chi connectivity index (χ0n) is 16.7. The summed E-state index contributed by atoms with van der Waals surface area (Å²) in [6.45, 7) is 7.50. The zero-order chi connectivity index (χ0) is 21.1. The number of hydrogen-bond acceptors (Lipinski definition) is 6. The fourth-order valence-electron chi connectivity index (χ4n) is 3.79. The van der Waals surface area contributed by atoms with Gasteiger partial charge in [0.2, 0.25) is 0 Å². The molecule has 3 heterocycles. The molecule has 1 amide bonds. The van der Waals surface area contributed by atoms with Crippen molar-refractivity contribution in [2.45, 2.75) is 32.6 Å². The summed E-state index contributed by atoms with van der Waals surface area (Å²) in [7, 11) is 1.70. The molecule has 0 spiro atoms. The number of carbonyl (C=O) groups is 1. The molecule has 8 heteroatoms. The lowest BCUT2D eigenvalue weighted by Gasteiger charge is -2.28. The second-order valence-corrected chi connectivity index (χ2v) is 8.87. The highest BCUT2D eigenvalue weighted by molar-refractivity contribution is 8.26. The predicted molar refractivity (Wildman–Crippen MR) is 122 cm³/mol. The molecule has 0 radical (unpaired) electrons. The van der Waals surface area contributed by atoms with Gasteiger partial charge in [-0.05, 0) is 31.4 Å². The van der Waals surface area contributed by atoms with Gasteiger partial charge < -0.3 is 4.90 Å². The Morgan fingerprint density at radius 3 is 2.48 bits per heavy atom. The molecular weight excluding hydrogens is 404 g/mol. The molecule has 6 nitrogen and oxygen atoms in total. The molecule has 2 aliphatic rings. The summed E-state index contributed by atoms with van der Waals surface area (Å²) in [5.74, 6) is 0.593. The van der Waals surface area contributed by atoms with Crippen LogP contribution >= 0.6 is 24.0 Å². The van der Waals surface area contributed by atoms with Crippen molar-refractivity contribution in [3.8, 4) is 6.07 Å². The lowest BCUT2D eigenvalue weighted by molar-refractivity contribution is -0.121. The summed E-state index contributed by atoms with van der Waals surface area (Å²) in [4.78, 5) is 29.8. The van der Waals surface area contributed by atoms with Crippen molar-refractivity contribution >= 4 is 46.1 Å². The number of pyridine rings is 1. The van der Waals surface area contributed by atoms with E-state index < -0.39 is 0 Å². The third-order valence-electron chi connectivity index (χ3n) is 5.33. The van der Waals surface area contributed by atoms with Crippen molar-refractivity contribution in [3.63, 3.8) is 0 Å². The molecule has 0 aliphatic carbocycles. The molecule has 3 rings (SSSR count). The molecule has 2 aliphatic heterocycles. The van der Waals surface area contributed by atoms with Crippen molar-refractivity contribution in [2.24, 2.45) is 7.05 Å². The minimum Gasteiger partial charge on any atom is -0.357 e. The van der Waals surface area contributed by atoms with Crippen LogP contribution in [0.2, 0.25) is 0 Å². The number of anilines is 1. The summed E-state index contributed by atoms with van der Waals surface area (Å²) in [6, 6.07) is 2.04. The Labute approximate surface area is 180 Å². The third-order valence-corrected chi connectivity index (χ3v) is 6.71. The van der Waals surface area contributed by atoms with Crippen LogP contribution < -0.4 is 10.5 Å². The number of thioether (sulfide) groups is 1. The molecule has 152 valence electrons. The molecule has 0 N–H and O–H groups in total. The highest BCUT2D eigenvalue weighted by atomic mass is 32.2. The van der Waals surface area contributed by atoms with E-state index in [-0.39, 0.29) is 17.0 Å². The van der Waals surface area contributed by atoms with Crippen LogP contribution in [0.4, 0.5) is 5.82 Å². The Kier molecular flexibility index (Phi) is 6.60. The van der Waals surface area contributed by atoms with Gasteiger partial charge in [0.25, 0.3) is 11.5 Å². The number of nitriles is 1. The summed E-state index contributed by atoms with van der Waals surface area (Å²) in [6.07, 6.45) is 7.85. The molecule has 0 saturated carbocycles. The van der Waals surface area contributed by atoms with Crippen molar-refractivity contribution in [2.75, 3.05) is 24.5 Å². The first-order chi connectivity index (χ1) is 13.9. The molecular formula is C21H24N4O2S2. The second kappa shape index (κ2) is 8.97. The van der Waals surface area contributed by atoms with Crippen LogP contribution in [0.15, 0.2) is 22.4 Å². The molecule has 0 unspecified atom stereocenters. The highest BCUT2D eigenvalue weighted by Gasteiger charge is 2.32. The number of nitrogens with zero attached hydrogens (tertiary/aromatic N) is 4. The molecule has 1 aromatic rings. The normalized spacial score (nSPS) is 18.9. The molecule has 0 bridgehead atoms. The Bertz CT molecular complexity index is 995. The average molecular weight is 429 g/mol. The Hall–Kier alpha value is -2.37. The summed E-state index contributed by atoms with van der Waals surface area (Å²) < 4.78 is 2.04. The van der Waals surface area contributed by atoms with Crippen molar-refractivity contribution in [3.05, 3.63) is 44.6 Å². The van der Waals surface area contributed by atoms with Gasteiger partial charge in [0.15, 0.2) is 0 Å². The van der Waals surface area contributed by atoms with E-state index >= 15 is 0 Å². The van der Waals surface area contributed by atoms with E-state index in [1.54, 1.807) is 30.7 Å². The van der Waals surface area contributed by atoms with E-state index in [2.05, 4.69) is 11.5 Å². The summed E-state index contributed by atoms with van der Waals surface area (Å²) >= 11 is 6.58. The molecule has 1 aromatic heterocycles. The Morgan fingerprint density at radius 1 is 1.24 bits per heavy atom.